The van der Waals surface area contributed by atoms with E-state index in [1.807, 2.05) is 12.3 Å². The first-order valence-electron chi connectivity index (χ1n) is 9.27. The fraction of sp³-hybridized carbons (Fsp3) is 0.474. The molecule has 1 aliphatic heterocycles. The number of hydrogen-bond acceptors (Lipinski definition) is 3. The molecule has 3 amide bonds. The number of aromatic nitrogens is 1. The van der Waals surface area contributed by atoms with Gasteiger partial charge in [0.2, 0.25) is 5.91 Å². The van der Waals surface area contributed by atoms with Crippen LogP contribution in [-0.4, -0.2) is 28.3 Å². The van der Waals surface area contributed by atoms with Crippen LogP contribution < -0.4 is 16.1 Å². The van der Waals surface area contributed by atoms with Gasteiger partial charge in [-0.1, -0.05) is 31.0 Å². The second-order valence-electron chi connectivity index (χ2n) is 6.73. The van der Waals surface area contributed by atoms with E-state index in [1.54, 1.807) is 5.48 Å². The van der Waals surface area contributed by atoms with Gasteiger partial charge in [-0.05, 0) is 31.2 Å². The Kier molecular flexibility index (Phi) is 6.12. The zero-order valence-corrected chi connectivity index (χ0v) is 14.9. The van der Waals surface area contributed by atoms with Crippen molar-refractivity contribution in [2.45, 2.75) is 51.5 Å². The number of nitrogens with one attached hydrogen (secondary N) is 3. The predicted octanol–water partition coefficient (Wildman–Crippen LogP) is 3.16. The highest BCUT2D eigenvalue weighted by molar-refractivity contribution is 6.02. The van der Waals surface area contributed by atoms with Crippen LogP contribution in [0, 0.1) is 0 Å². The van der Waals surface area contributed by atoms with E-state index in [-0.39, 0.29) is 11.9 Å². The lowest BCUT2D eigenvalue weighted by atomic mass is 10.0. The summed E-state index contributed by atoms with van der Waals surface area (Å²) >= 11 is 0. The summed E-state index contributed by atoms with van der Waals surface area (Å²) in [6, 6.07) is 6.08. The second kappa shape index (κ2) is 8.71. The number of anilines is 1. The predicted molar refractivity (Wildman–Crippen MR) is 100 cm³/mol. The van der Waals surface area contributed by atoms with Crippen molar-refractivity contribution < 1.29 is 14.8 Å². The Balaban J connectivity index is 1.43. The normalized spacial score (nSPS) is 12.8. The third-order valence-electron chi connectivity index (χ3n) is 4.82. The van der Waals surface area contributed by atoms with E-state index in [2.05, 4.69) is 27.3 Å². The number of urea groups is 1. The molecule has 1 aliphatic rings. The average Bonchev–Trinajstić information content (AvgIpc) is 3.00. The number of carbonyl (C=O) groups excluding carboxylic acids is 2. The van der Waals surface area contributed by atoms with Crippen molar-refractivity contribution in [2.75, 3.05) is 11.9 Å². The molecule has 0 radical (unpaired) electrons. The second-order valence-corrected chi connectivity index (χ2v) is 6.73. The zero-order valence-electron chi connectivity index (χ0n) is 14.9. The summed E-state index contributed by atoms with van der Waals surface area (Å²) in [4.78, 5) is 23.0. The molecule has 26 heavy (non-hydrogen) atoms. The first-order valence-corrected chi connectivity index (χ1v) is 9.27. The number of rotatable bonds is 8. The standard InChI is InChI=1S/C19H26N4O3/c24-17(22-26)10-3-1-2-4-11-20-19(25)21-16-13-23-12-6-8-14-7-5-9-15(16)18(14)23/h5,7,9,13,26H,1-4,6,8,10-12H2,(H,22,24)(H2,20,21,25). The molecule has 0 atom stereocenters. The van der Waals surface area contributed by atoms with Crippen LogP contribution in [0.1, 0.15) is 44.1 Å². The number of hydroxylamine groups is 1. The number of nitrogens with zero attached hydrogens (tertiary/aromatic N) is 1. The van der Waals surface area contributed by atoms with Gasteiger partial charge < -0.3 is 15.2 Å². The lowest BCUT2D eigenvalue weighted by molar-refractivity contribution is -0.129. The van der Waals surface area contributed by atoms with Crippen molar-refractivity contribution in [1.29, 1.82) is 0 Å². The minimum Gasteiger partial charge on any atom is -0.345 e. The number of para-hydroxylation sites is 1. The maximum atomic E-state index is 12.2. The lowest BCUT2D eigenvalue weighted by Crippen LogP contribution is -2.29. The van der Waals surface area contributed by atoms with Crippen LogP contribution in [-0.2, 0) is 17.8 Å². The van der Waals surface area contributed by atoms with Crippen molar-refractivity contribution >= 4 is 28.5 Å². The number of carbonyl (C=O) groups is 2. The third-order valence-corrected chi connectivity index (χ3v) is 4.82. The van der Waals surface area contributed by atoms with Crippen LogP contribution in [0.3, 0.4) is 0 Å². The van der Waals surface area contributed by atoms with Crippen LogP contribution in [0.15, 0.2) is 24.4 Å². The molecule has 2 heterocycles. The molecular formula is C19H26N4O3. The van der Waals surface area contributed by atoms with Crippen LogP contribution in [0.4, 0.5) is 10.5 Å². The molecule has 0 saturated heterocycles. The Morgan fingerprint density at radius 2 is 2.00 bits per heavy atom. The molecule has 1 aromatic heterocycles. The number of hydrogen-bond donors (Lipinski definition) is 4. The maximum absolute atomic E-state index is 12.2. The molecule has 0 spiro atoms. The summed E-state index contributed by atoms with van der Waals surface area (Å²) in [6.45, 7) is 1.59. The van der Waals surface area contributed by atoms with Gasteiger partial charge in [0.15, 0.2) is 0 Å². The Labute approximate surface area is 152 Å². The van der Waals surface area contributed by atoms with Gasteiger partial charge in [-0.15, -0.1) is 0 Å². The van der Waals surface area contributed by atoms with Gasteiger partial charge in [0.25, 0.3) is 0 Å². The van der Waals surface area contributed by atoms with Gasteiger partial charge in [-0.2, -0.15) is 0 Å². The molecule has 2 aromatic rings. The van der Waals surface area contributed by atoms with E-state index in [0.29, 0.717) is 13.0 Å². The van der Waals surface area contributed by atoms with Gasteiger partial charge in [-0.3, -0.25) is 10.0 Å². The van der Waals surface area contributed by atoms with E-state index in [9.17, 15) is 9.59 Å². The van der Waals surface area contributed by atoms with Crippen molar-refractivity contribution in [3.8, 4) is 0 Å². The summed E-state index contributed by atoms with van der Waals surface area (Å²) in [5, 5.41) is 15.4. The smallest absolute Gasteiger partial charge is 0.319 e. The van der Waals surface area contributed by atoms with E-state index in [0.717, 1.165) is 56.1 Å². The maximum Gasteiger partial charge on any atom is 0.319 e. The highest BCUT2D eigenvalue weighted by Crippen LogP contribution is 2.32. The Bertz CT molecular complexity index is 784. The topological polar surface area (TPSA) is 95.4 Å². The minimum atomic E-state index is -0.353. The van der Waals surface area contributed by atoms with E-state index >= 15 is 0 Å². The largest absolute Gasteiger partial charge is 0.345 e. The van der Waals surface area contributed by atoms with Crippen LogP contribution in [0.5, 0.6) is 0 Å². The zero-order chi connectivity index (χ0) is 18.4. The monoisotopic (exact) mass is 358 g/mol. The molecule has 0 unspecified atom stereocenters. The van der Waals surface area contributed by atoms with Crippen molar-refractivity contribution in [2.24, 2.45) is 0 Å². The molecule has 7 nitrogen and oxygen atoms in total. The number of unbranched alkanes of at least 4 members (excludes halogenated alkanes) is 3. The summed E-state index contributed by atoms with van der Waals surface area (Å²) < 4.78 is 2.23. The van der Waals surface area contributed by atoms with Crippen molar-refractivity contribution in [3.63, 3.8) is 0 Å². The molecular weight excluding hydrogens is 332 g/mol. The molecule has 1 aromatic carbocycles. The van der Waals surface area contributed by atoms with E-state index < -0.39 is 0 Å². The van der Waals surface area contributed by atoms with E-state index in [4.69, 9.17) is 5.21 Å². The Morgan fingerprint density at radius 3 is 2.85 bits per heavy atom. The number of benzene rings is 1. The molecule has 0 aliphatic carbocycles. The molecule has 140 valence electrons. The fourth-order valence-electron chi connectivity index (χ4n) is 3.54. The number of amides is 3. The van der Waals surface area contributed by atoms with Gasteiger partial charge in [0, 0.05) is 31.1 Å². The summed E-state index contributed by atoms with van der Waals surface area (Å²) in [5.41, 5.74) is 5.06. The van der Waals surface area contributed by atoms with Gasteiger partial charge in [0.1, 0.15) is 0 Å². The summed E-state index contributed by atoms with van der Waals surface area (Å²) in [6.07, 6.45) is 8.00. The Hall–Kier alpha value is -2.54. The molecule has 3 rings (SSSR count). The first-order chi connectivity index (χ1) is 12.7. The van der Waals surface area contributed by atoms with Gasteiger partial charge in [-0.25, -0.2) is 10.3 Å². The SMILES string of the molecule is O=C(CCCCCCNC(=O)Nc1cn2c3c(cccc13)CCC2)NO. The molecule has 0 fully saturated rings. The summed E-state index contributed by atoms with van der Waals surface area (Å²) in [5.74, 6) is -0.353. The molecule has 7 heteroatoms. The molecule has 4 N–H and O–H groups in total. The summed E-state index contributed by atoms with van der Waals surface area (Å²) in [7, 11) is 0. The van der Waals surface area contributed by atoms with Crippen molar-refractivity contribution in [3.05, 3.63) is 30.0 Å². The lowest BCUT2D eigenvalue weighted by Gasteiger charge is -2.14. The van der Waals surface area contributed by atoms with Gasteiger partial charge in [0.05, 0.1) is 11.2 Å². The van der Waals surface area contributed by atoms with Crippen LogP contribution >= 0.6 is 0 Å². The first kappa shape index (κ1) is 18.3. The highest BCUT2D eigenvalue weighted by atomic mass is 16.5. The fourth-order valence-corrected chi connectivity index (χ4v) is 3.54. The van der Waals surface area contributed by atoms with Gasteiger partial charge >= 0.3 is 6.03 Å². The van der Waals surface area contributed by atoms with Crippen LogP contribution in [0.2, 0.25) is 0 Å². The van der Waals surface area contributed by atoms with Crippen molar-refractivity contribution in [1.82, 2.24) is 15.4 Å². The highest BCUT2D eigenvalue weighted by Gasteiger charge is 2.16. The Morgan fingerprint density at radius 1 is 1.15 bits per heavy atom. The third kappa shape index (κ3) is 4.35. The minimum absolute atomic E-state index is 0.187. The average molecular weight is 358 g/mol. The van der Waals surface area contributed by atoms with E-state index in [1.165, 1.54) is 11.1 Å². The quantitative estimate of drug-likeness (QED) is 0.332. The van der Waals surface area contributed by atoms with Crippen LogP contribution in [0.25, 0.3) is 10.9 Å². The number of aryl methyl sites for hydroxylation is 2. The molecule has 0 saturated carbocycles. The molecule has 0 bridgehead atoms.